The number of ether oxygens (including phenoxy) is 2. The molecule has 3 aromatic rings. The van der Waals surface area contributed by atoms with Gasteiger partial charge in [-0.05, 0) is 67.1 Å². The van der Waals surface area contributed by atoms with Crippen LogP contribution in [0.4, 0.5) is 0 Å². The van der Waals surface area contributed by atoms with Crippen molar-refractivity contribution in [2.45, 2.75) is 49.1 Å². The van der Waals surface area contributed by atoms with E-state index in [1.165, 1.54) is 0 Å². The highest BCUT2D eigenvalue weighted by atomic mass is 35.5. The first-order chi connectivity index (χ1) is 24.2. The van der Waals surface area contributed by atoms with Crippen molar-refractivity contribution in [3.63, 3.8) is 0 Å². The van der Waals surface area contributed by atoms with Crippen molar-refractivity contribution in [3.05, 3.63) is 106 Å². The van der Waals surface area contributed by atoms with Crippen LogP contribution < -0.4 is 9.47 Å². The lowest BCUT2D eigenvalue weighted by Crippen LogP contribution is -2.51. The van der Waals surface area contributed by atoms with E-state index in [1.807, 2.05) is 73.7 Å². The summed E-state index contributed by atoms with van der Waals surface area (Å²) in [4.78, 5) is 20.2. The Balaban J connectivity index is 1.23. The molecule has 2 aromatic carbocycles. The number of aliphatic carboxylic acids is 1. The molecule has 0 saturated carbocycles. The van der Waals surface area contributed by atoms with Gasteiger partial charge < -0.3 is 19.7 Å². The van der Waals surface area contributed by atoms with Gasteiger partial charge in [-0.2, -0.15) is 5.26 Å². The summed E-state index contributed by atoms with van der Waals surface area (Å²) in [5.74, 6) is 0.205. The molecule has 9 nitrogen and oxygen atoms in total. The van der Waals surface area contributed by atoms with Crippen molar-refractivity contribution in [1.82, 2.24) is 14.8 Å². The molecule has 0 radical (unpaired) electrons. The Hall–Kier alpha value is -4.20. The average Bonchev–Trinajstić information content (AvgIpc) is 3.77. The molecule has 0 amide bonds. The normalized spacial score (nSPS) is 26.6. The van der Waals surface area contributed by atoms with E-state index in [0.29, 0.717) is 48.3 Å². The monoisotopic (exact) mass is 694 g/mol. The third-order valence-electron chi connectivity index (χ3n) is 11.3. The predicted molar refractivity (Wildman–Crippen MR) is 191 cm³/mol. The maximum Gasteiger partial charge on any atom is 0.307 e. The topological polar surface area (TPSA) is 119 Å². The molecular formula is C40H43ClN4O5. The Morgan fingerprint density at radius 1 is 1.12 bits per heavy atom. The van der Waals surface area contributed by atoms with Crippen LogP contribution in [0.1, 0.15) is 59.3 Å². The highest BCUT2D eigenvalue weighted by Gasteiger charge is 2.53. The molecule has 4 atom stereocenters. The largest absolute Gasteiger partial charge is 0.491 e. The minimum atomic E-state index is -1.01. The van der Waals surface area contributed by atoms with Crippen LogP contribution in [0.25, 0.3) is 5.57 Å². The lowest BCUT2D eigenvalue weighted by atomic mass is 9.66. The van der Waals surface area contributed by atoms with E-state index in [4.69, 9.17) is 26.1 Å². The average molecular weight is 695 g/mol. The number of alkyl halides is 1. The highest BCUT2D eigenvalue weighted by molar-refractivity contribution is 6.31. The molecule has 260 valence electrons. The molecule has 2 N–H and O–H groups in total. The van der Waals surface area contributed by atoms with Crippen LogP contribution in [0.5, 0.6) is 11.6 Å². The molecule has 7 rings (SSSR count). The molecule has 0 spiro atoms. The summed E-state index contributed by atoms with van der Waals surface area (Å²) in [5, 5.41) is 29.5. The van der Waals surface area contributed by atoms with Gasteiger partial charge in [-0.25, -0.2) is 4.98 Å². The summed E-state index contributed by atoms with van der Waals surface area (Å²) in [6, 6.07) is 20.6. The number of aliphatic hydroxyl groups is 1. The second-order valence-electron chi connectivity index (χ2n) is 14.2. The van der Waals surface area contributed by atoms with Gasteiger partial charge in [0.1, 0.15) is 18.4 Å². The number of carboxylic acid groups (broad SMARTS) is 1. The van der Waals surface area contributed by atoms with Gasteiger partial charge in [0.25, 0.3) is 0 Å². The number of aliphatic hydroxyl groups excluding tert-OH is 1. The number of pyridine rings is 1. The van der Waals surface area contributed by atoms with Gasteiger partial charge in [0.15, 0.2) is 0 Å². The Kier molecular flexibility index (Phi) is 9.48. The maximum absolute atomic E-state index is 11.6. The van der Waals surface area contributed by atoms with Crippen LogP contribution in [0, 0.1) is 23.2 Å². The van der Waals surface area contributed by atoms with Crippen LogP contribution in [0.2, 0.25) is 0 Å². The zero-order valence-corrected chi connectivity index (χ0v) is 29.3. The summed E-state index contributed by atoms with van der Waals surface area (Å²) in [7, 11) is 1.62. The summed E-state index contributed by atoms with van der Waals surface area (Å²) < 4.78 is 12.6. The fourth-order valence-corrected chi connectivity index (χ4v) is 8.74. The van der Waals surface area contributed by atoms with Crippen molar-refractivity contribution in [1.29, 1.82) is 5.26 Å². The lowest BCUT2D eigenvalue weighted by Gasteiger charge is -2.45. The summed E-state index contributed by atoms with van der Waals surface area (Å²) in [5.41, 5.74) is 5.16. The summed E-state index contributed by atoms with van der Waals surface area (Å²) >= 11 is 7.75. The molecule has 2 saturated heterocycles. The van der Waals surface area contributed by atoms with Crippen molar-refractivity contribution >= 4 is 23.1 Å². The molecule has 2 fully saturated rings. The molecule has 4 aliphatic rings. The molecule has 1 aromatic heterocycles. The number of fused-ring (bicyclic) bond motifs is 1. The first-order valence-corrected chi connectivity index (χ1v) is 17.7. The number of benzene rings is 2. The quantitative estimate of drug-likeness (QED) is 0.242. The van der Waals surface area contributed by atoms with Gasteiger partial charge in [-0.3, -0.25) is 14.6 Å². The number of methoxy groups -OCH3 is 1. The number of carbonyl (C=O) groups is 1. The fraction of sp³-hybridized carbons (Fsp3) is 0.425. The number of rotatable bonds is 11. The van der Waals surface area contributed by atoms with E-state index in [0.717, 1.165) is 60.3 Å². The molecule has 2 aliphatic carbocycles. The van der Waals surface area contributed by atoms with Gasteiger partial charge in [0.2, 0.25) is 5.88 Å². The van der Waals surface area contributed by atoms with Gasteiger partial charge in [-0.15, -0.1) is 11.6 Å². The van der Waals surface area contributed by atoms with E-state index in [1.54, 1.807) is 7.11 Å². The van der Waals surface area contributed by atoms with E-state index < -0.39 is 16.3 Å². The van der Waals surface area contributed by atoms with Crippen molar-refractivity contribution in [2.75, 3.05) is 46.5 Å². The maximum atomic E-state index is 11.6. The van der Waals surface area contributed by atoms with Crippen molar-refractivity contribution in [3.8, 4) is 17.7 Å². The Morgan fingerprint density at radius 3 is 2.62 bits per heavy atom. The van der Waals surface area contributed by atoms with Gasteiger partial charge in [-0.1, -0.05) is 60.7 Å². The first-order valence-electron chi connectivity index (χ1n) is 17.4. The summed E-state index contributed by atoms with van der Waals surface area (Å²) in [6.07, 6.45) is 8.30. The van der Waals surface area contributed by atoms with Gasteiger partial charge in [0, 0.05) is 50.3 Å². The van der Waals surface area contributed by atoms with Gasteiger partial charge in [0.05, 0.1) is 34.6 Å². The van der Waals surface area contributed by atoms with E-state index in [9.17, 15) is 20.3 Å². The Labute approximate surface area is 298 Å². The van der Waals surface area contributed by atoms with E-state index >= 15 is 0 Å². The number of allylic oxidation sites excluding steroid dienone is 3. The molecule has 2 unspecified atom stereocenters. The number of hydrogen-bond donors (Lipinski definition) is 2. The molecule has 2 aliphatic heterocycles. The zero-order chi connectivity index (χ0) is 35.0. The number of aromatic nitrogens is 1. The molecule has 50 heavy (non-hydrogen) atoms. The van der Waals surface area contributed by atoms with Crippen LogP contribution in [-0.4, -0.2) is 82.3 Å². The third kappa shape index (κ3) is 5.98. The number of nitrogens with zero attached hydrogens (tertiary/aromatic N) is 4. The third-order valence-corrected chi connectivity index (χ3v) is 11.8. The molecule has 10 heteroatoms. The second kappa shape index (κ2) is 13.8. The molecule has 0 bridgehead atoms. The van der Waals surface area contributed by atoms with Crippen LogP contribution >= 0.6 is 11.6 Å². The highest BCUT2D eigenvalue weighted by Crippen LogP contribution is 2.52. The number of halogens is 1. The summed E-state index contributed by atoms with van der Waals surface area (Å²) in [6.45, 7) is 5.87. The van der Waals surface area contributed by atoms with E-state index in [-0.39, 0.29) is 25.2 Å². The lowest BCUT2D eigenvalue weighted by molar-refractivity contribution is -0.141. The molecular weight excluding hydrogens is 652 g/mol. The standard InChI is InChI=1S/C40H43ClN4O5/c1-39(41)33(27-7-4-3-5-8-27)9-6-17-40(39,36-15-10-28(37(43-36)49-2)22-44-20-26(21-44)24-46)25-50-35-14-12-31-30(32(35)19-42)11-13-34(31)45-18-16-29(23-45)38(47)48/h3-10,12,14-15,17,26,29,34,46H,11,13,16,18,20-25H2,1-2H3,(H,47,48)/t29-,34-,39?,40?/m1/s1. The second-order valence-corrected chi connectivity index (χ2v) is 14.9. The predicted octanol–water partition coefficient (Wildman–Crippen LogP) is 5.75. The number of carboxylic acids is 1. The molecule has 3 heterocycles. The Morgan fingerprint density at radius 2 is 1.92 bits per heavy atom. The first kappa shape index (κ1) is 34.3. The number of nitriles is 1. The SMILES string of the molecule is COc1nc(C2(COc3ccc4c(c3C#N)CC[C@H]4N3CC[C@@H](C(=O)O)C3)C=CC=C(c3ccccc3)C2(C)Cl)ccc1CN1CC(CO)C1. The zero-order valence-electron chi connectivity index (χ0n) is 28.5. The van der Waals surface area contributed by atoms with Crippen LogP contribution in [0.15, 0.2) is 72.8 Å². The number of hydrogen-bond acceptors (Lipinski definition) is 8. The van der Waals surface area contributed by atoms with E-state index in [2.05, 4.69) is 21.9 Å². The fourth-order valence-electron chi connectivity index (χ4n) is 8.35. The Bertz CT molecular complexity index is 1870. The minimum Gasteiger partial charge on any atom is -0.491 e. The van der Waals surface area contributed by atoms with Crippen LogP contribution in [0.3, 0.4) is 0 Å². The smallest absolute Gasteiger partial charge is 0.307 e. The number of likely N-dealkylation sites (tertiary alicyclic amines) is 2. The van der Waals surface area contributed by atoms with Crippen molar-refractivity contribution in [2.24, 2.45) is 11.8 Å². The van der Waals surface area contributed by atoms with Crippen LogP contribution in [-0.2, 0) is 23.2 Å². The van der Waals surface area contributed by atoms with Crippen molar-refractivity contribution < 1.29 is 24.5 Å². The van der Waals surface area contributed by atoms with Gasteiger partial charge >= 0.3 is 5.97 Å². The minimum absolute atomic E-state index is 0.0915.